The number of aliphatic hydroxyl groups excluding tert-OH is 1. The van der Waals surface area contributed by atoms with Gasteiger partial charge in [-0.3, -0.25) is 4.79 Å². The molecule has 0 aromatic heterocycles. The van der Waals surface area contributed by atoms with Crippen molar-refractivity contribution >= 4 is 15.2 Å². The van der Waals surface area contributed by atoms with Crippen molar-refractivity contribution in [2.24, 2.45) is 5.73 Å². The summed E-state index contributed by atoms with van der Waals surface area (Å²) in [6.45, 7) is 3.62. The molecule has 0 aliphatic rings. The molecule has 4 nitrogen and oxygen atoms in total. The summed E-state index contributed by atoms with van der Waals surface area (Å²) >= 11 is 0. The second-order valence-corrected chi connectivity index (χ2v) is 6.86. The van der Waals surface area contributed by atoms with Crippen molar-refractivity contribution in [3.8, 4) is 0 Å². The van der Waals surface area contributed by atoms with Crippen molar-refractivity contribution in [2.45, 2.75) is 103 Å². The van der Waals surface area contributed by atoms with Gasteiger partial charge in [0.15, 0.2) is 0 Å². The Morgan fingerprint density at radius 1 is 0.913 bits per heavy atom. The van der Waals surface area contributed by atoms with Crippen LogP contribution in [-0.4, -0.2) is 34.5 Å². The Hall–Kier alpha value is -0.180. The van der Waals surface area contributed by atoms with Crippen molar-refractivity contribution in [3.63, 3.8) is 0 Å². The molecule has 3 unspecified atom stereocenters. The highest BCUT2D eigenvalue weighted by molar-refractivity contribution is 7.16. The fraction of sp³-hybridized carbons (Fsp3) is 0.944. The van der Waals surface area contributed by atoms with E-state index < -0.39 is 18.1 Å². The van der Waals surface area contributed by atoms with Gasteiger partial charge in [-0.2, -0.15) is 0 Å². The Balaban J connectivity index is 0. The molecule has 0 heterocycles. The average Bonchev–Trinajstić information content (AvgIpc) is 2.52. The van der Waals surface area contributed by atoms with Crippen LogP contribution in [0.5, 0.6) is 0 Å². The Bertz CT molecular complexity index is 238. The minimum Gasteiger partial charge on any atom is -0.480 e. The van der Waals surface area contributed by atoms with Crippen LogP contribution < -0.4 is 5.73 Å². The topological polar surface area (TPSA) is 83.5 Å². The molecule has 5 heteroatoms. The first kappa shape index (κ1) is 25.1. The van der Waals surface area contributed by atoms with Crippen molar-refractivity contribution in [2.75, 3.05) is 6.16 Å². The lowest BCUT2D eigenvalue weighted by Crippen LogP contribution is -2.39. The second kappa shape index (κ2) is 19.9. The van der Waals surface area contributed by atoms with Gasteiger partial charge in [0, 0.05) is 0 Å². The molecule has 0 rings (SSSR count). The van der Waals surface area contributed by atoms with E-state index in [-0.39, 0.29) is 0 Å². The van der Waals surface area contributed by atoms with Gasteiger partial charge in [-0.1, -0.05) is 77.6 Å². The lowest BCUT2D eigenvalue weighted by atomic mass is 10.1. The fourth-order valence-electron chi connectivity index (χ4n) is 2.19. The van der Waals surface area contributed by atoms with Gasteiger partial charge in [0.25, 0.3) is 0 Å². The lowest BCUT2D eigenvalue weighted by molar-refractivity contribution is -0.140. The standard InChI is InChI=1S/C14H31P.C4H9NO3/c1-2-3-4-5-6-7-8-9-10-11-12-13-14-15;1-2(6)3(5)4(7)8/h2-15H2,1H3;2-3,6H,5H2,1H3,(H,7,8). The molecule has 0 radical (unpaired) electrons. The third-order valence-electron chi connectivity index (χ3n) is 3.86. The number of rotatable bonds is 14. The van der Waals surface area contributed by atoms with E-state index in [1.807, 2.05) is 0 Å². The molecule has 140 valence electrons. The van der Waals surface area contributed by atoms with Gasteiger partial charge < -0.3 is 15.9 Å². The van der Waals surface area contributed by atoms with Crippen LogP contribution in [0.4, 0.5) is 0 Å². The highest BCUT2D eigenvalue weighted by Crippen LogP contribution is 2.12. The zero-order valence-electron chi connectivity index (χ0n) is 15.3. The summed E-state index contributed by atoms with van der Waals surface area (Å²) in [5, 5.41) is 16.6. The van der Waals surface area contributed by atoms with Gasteiger partial charge in [-0.25, -0.2) is 0 Å². The third-order valence-corrected chi connectivity index (χ3v) is 4.27. The van der Waals surface area contributed by atoms with Gasteiger partial charge in [-0.15, -0.1) is 9.24 Å². The number of carboxylic acid groups (broad SMARTS) is 1. The molecule has 0 aliphatic carbocycles. The quantitative estimate of drug-likeness (QED) is 0.322. The Morgan fingerprint density at radius 2 is 1.26 bits per heavy atom. The molecule has 0 saturated heterocycles. The number of nitrogens with two attached hydrogens (primary N) is 1. The summed E-state index contributed by atoms with van der Waals surface area (Å²) in [7, 11) is 2.81. The number of aliphatic hydroxyl groups is 1. The summed E-state index contributed by atoms with van der Waals surface area (Å²) in [6.07, 6.45) is 17.8. The van der Waals surface area contributed by atoms with Crippen LogP contribution in [0.25, 0.3) is 0 Å². The molecule has 3 atom stereocenters. The highest BCUT2D eigenvalue weighted by atomic mass is 31.0. The van der Waals surface area contributed by atoms with Crippen LogP contribution in [0.15, 0.2) is 0 Å². The smallest absolute Gasteiger partial charge is 0.323 e. The van der Waals surface area contributed by atoms with Gasteiger partial charge in [0.2, 0.25) is 0 Å². The summed E-state index contributed by atoms with van der Waals surface area (Å²) < 4.78 is 0. The van der Waals surface area contributed by atoms with Crippen molar-refractivity contribution in [1.82, 2.24) is 0 Å². The summed E-state index contributed by atoms with van der Waals surface area (Å²) in [6, 6.07) is -1.16. The molecular formula is C18H40NO3P. The van der Waals surface area contributed by atoms with Crippen molar-refractivity contribution < 1.29 is 15.0 Å². The molecular weight excluding hydrogens is 309 g/mol. The fourth-order valence-corrected chi connectivity index (χ4v) is 2.48. The third kappa shape index (κ3) is 21.8. The molecule has 0 aliphatic heterocycles. The van der Waals surface area contributed by atoms with Crippen LogP contribution >= 0.6 is 9.24 Å². The first-order valence-electron chi connectivity index (χ1n) is 9.33. The predicted octanol–water partition coefficient (Wildman–Crippen LogP) is 4.34. The molecule has 0 spiro atoms. The Morgan fingerprint density at radius 3 is 1.48 bits per heavy atom. The number of carbonyl (C=O) groups is 1. The molecule has 0 amide bonds. The zero-order chi connectivity index (χ0) is 17.9. The Labute approximate surface area is 145 Å². The molecule has 0 aromatic carbocycles. The van der Waals surface area contributed by atoms with E-state index in [0.29, 0.717) is 0 Å². The molecule has 0 fully saturated rings. The van der Waals surface area contributed by atoms with Gasteiger partial charge in [0.1, 0.15) is 6.04 Å². The lowest BCUT2D eigenvalue weighted by Gasteiger charge is -2.06. The summed E-state index contributed by atoms with van der Waals surface area (Å²) in [4.78, 5) is 9.86. The highest BCUT2D eigenvalue weighted by Gasteiger charge is 2.16. The zero-order valence-corrected chi connectivity index (χ0v) is 16.5. The van der Waals surface area contributed by atoms with Crippen LogP contribution in [0.1, 0.15) is 90.9 Å². The van der Waals surface area contributed by atoms with E-state index in [9.17, 15) is 4.79 Å². The van der Waals surface area contributed by atoms with Gasteiger partial charge in [-0.05, 0) is 19.5 Å². The molecule has 23 heavy (non-hydrogen) atoms. The van der Waals surface area contributed by atoms with Gasteiger partial charge in [0.05, 0.1) is 6.10 Å². The number of carboxylic acids is 1. The normalized spacial score (nSPS) is 13.1. The maximum atomic E-state index is 9.86. The van der Waals surface area contributed by atoms with Crippen LogP contribution in [0.2, 0.25) is 0 Å². The largest absolute Gasteiger partial charge is 0.480 e. The van der Waals surface area contributed by atoms with E-state index in [2.05, 4.69) is 16.2 Å². The minimum absolute atomic E-state index is 0.979. The van der Waals surface area contributed by atoms with Crippen LogP contribution in [-0.2, 0) is 4.79 Å². The van der Waals surface area contributed by atoms with E-state index in [0.717, 1.165) is 0 Å². The maximum Gasteiger partial charge on any atom is 0.323 e. The van der Waals surface area contributed by atoms with Crippen molar-refractivity contribution in [1.29, 1.82) is 0 Å². The minimum atomic E-state index is -1.18. The monoisotopic (exact) mass is 349 g/mol. The Kier molecular flexibility index (Phi) is 21.6. The molecule has 0 bridgehead atoms. The predicted molar refractivity (Wildman–Crippen MR) is 103 cm³/mol. The molecule has 0 saturated carbocycles. The van der Waals surface area contributed by atoms with E-state index in [1.54, 1.807) is 0 Å². The van der Waals surface area contributed by atoms with E-state index in [4.69, 9.17) is 15.9 Å². The number of hydrogen-bond donors (Lipinski definition) is 3. The average molecular weight is 349 g/mol. The van der Waals surface area contributed by atoms with Crippen LogP contribution in [0.3, 0.4) is 0 Å². The van der Waals surface area contributed by atoms with E-state index >= 15 is 0 Å². The second-order valence-electron chi connectivity index (χ2n) is 6.28. The van der Waals surface area contributed by atoms with E-state index in [1.165, 1.54) is 90.1 Å². The van der Waals surface area contributed by atoms with Gasteiger partial charge >= 0.3 is 5.97 Å². The summed E-state index contributed by atoms with van der Waals surface area (Å²) in [5.41, 5.74) is 4.91. The SMILES string of the molecule is CC(O)C(N)C(=O)O.CCCCCCCCCCCCCCP. The first-order valence-corrected chi connectivity index (χ1v) is 10.2. The van der Waals surface area contributed by atoms with Crippen LogP contribution in [0, 0.1) is 0 Å². The number of hydrogen-bond acceptors (Lipinski definition) is 3. The number of aliphatic carboxylic acids is 1. The first-order chi connectivity index (χ1) is 11.0. The molecule has 4 N–H and O–H groups in total. The number of unbranched alkanes of at least 4 members (excludes halogenated alkanes) is 11. The maximum absolute atomic E-state index is 9.86. The summed E-state index contributed by atoms with van der Waals surface area (Å²) in [5.74, 6) is -1.18. The molecule has 0 aromatic rings. The van der Waals surface area contributed by atoms with Crippen molar-refractivity contribution in [3.05, 3.63) is 0 Å².